The Morgan fingerprint density at radius 3 is 1.13 bits per heavy atom. The van der Waals surface area contributed by atoms with Crippen molar-refractivity contribution >= 4 is 20.2 Å². The van der Waals surface area contributed by atoms with E-state index in [9.17, 15) is 16.8 Å². The van der Waals surface area contributed by atoms with E-state index in [1.165, 1.54) is 24.3 Å². The average Bonchev–Trinajstić information content (AvgIpc) is 2.90. The normalized spacial score (nSPS) is 17.6. The van der Waals surface area contributed by atoms with Crippen LogP contribution in [0.25, 0.3) is 0 Å². The van der Waals surface area contributed by atoms with E-state index in [4.69, 9.17) is 8.37 Å². The minimum atomic E-state index is -4.28. The van der Waals surface area contributed by atoms with Gasteiger partial charge in [-0.1, -0.05) is 83.9 Å². The molecule has 6 nitrogen and oxygen atoms in total. The maximum Gasteiger partial charge on any atom is 0.297 e. The highest BCUT2D eigenvalue weighted by Crippen LogP contribution is 2.40. The van der Waals surface area contributed by atoms with Crippen molar-refractivity contribution in [2.24, 2.45) is 0 Å². The fourth-order valence-electron chi connectivity index (χ4n) is 4.39. The zero-order valence-corrected chi connectivity index (χ0v) is 22.7. The Kier molecular flexibility index (Phi) is 7.24. The van der Waals surface area contributed by atoms with Gasteiger partial charge < -0.3 is 0 Å². The first-order valence-corrected chi connectivity index (χ1v) is 15.1. The topological polar surface area (TPSA) is 86.7 Å². The number of benzene rings is 4. The number of aryl methyl sites for hydroxylation is 4. The van der Waals surface area contributed by atoms with Gasteiger partial charge in [-0.3, -0.25) is 8.37 Å². The summed E-state index contributed by atoms with van der Waals surface area (Å²) in [5.74, 6) is 0. The summed E-state index contributed by atoms with van der Waals surface area (Å²) in [7, 11) is -8.56. The van der Waals surface area contributed by atoms with Gasteiger partial charge in [0, 0.05) is 0 Å². The van der Waals surface area contributed by atoms with Crippen LogP contribution < -0.4 is 0 Å². The first kappa shape index (κ1) is 26.3. The molecule has 0 spiro atoms. The molecule has 0 saturated heterocycles. The van der Waals surface area contributed by atoms with Gasteiger partial charge in [0.1, 0.15) is 12.2 Å². The van der Waals surface area contributed by atoms with E-state index in [1.807, 2.05) is 38.1 Å². The van der Waals surface area contributed by atoms with E-state index in [0.29, 0.717) is 11.1 Å². The number of hydrogen-bond acceptors (Lipinski definition) is 6. The molecule has 0 unspecified atom stereocenters. The quantitative estimate of drug-likeness (QED) is 0.275. The fourth-order valence-corrected chi connectivity index (χ4v) is 6.52. The molecule has 0 aliphatic heterocycles. The lowest BCUT2D eigenvalue weighted by atomic mass is 9.93. The Bertz CT molecular complexity index is 1500. The monoisotopic (exact) mass is 548 g/mol. The number of rotatable bonds is 6. The molecular weight excluding hydrogens is 520 g/mol. The van der Waals surface area contributed by atoms with Crippen LogP contribution in [0.4, 0.5) is 0 Å². The van der Waals surface area contributed by atoms with Crippen molar-refractivity contribution in [3.8, 4) is 0 Å². The molecule has 4 aromatic carbocycles. The molecule has 0 aromatic heterocycles. The highest BCUT2D eigenvalue weighted by molar-refractivity contribution is 7.87. The molecule has 8 rings (SSSR count). The molecule has 4 aliphatic rings. The zero-order valence-electron chi connectivity index (χ0n) is 21.1. The van der Waals surface area contributed by atoms with Crippen LogP contribution in [0.2, 0.25) is 0 Å². The molecule has 0 fully saturated rings. The van der Waals surface area contributed by atoms with E-state index < -0.39 is 32.4 Å². The summed E-state index contributed by atoms with van der Waals surface area (Å²) < 4.78 is 65.4. The van der Waals surface area contributed by atoms with Crippen LogP contribution in [-0.4, -0.2) is 16.8 Å². The molecule has 0 amide bonds. The molecule has 2 atom stereocenters. The largest absolute Gasteiger partial charge is 0.297 e. The van der Waals surface area contributed by atoms with E-state index >= 15 is 0 Å². The minimum absolute atomic E-state index is 0.0265. The third-order valence-corrected chi connectivity index (χ3v) is 9.29. The standard InChI is InChI=1S/C30H28O6S2/c1-21-3-17-27(18-4-21)37(31,32)35-29-25-13-9-23(10-14-25)7-8-24-11-15-26(16-12-24)30(29)36-38(33,34)28-19-5-22(2)6-20-28/h3-6,9-20,29-30H,7-8H2,1-2H3/t29-,30-/m1/s1. The van der Waals surface area contributed by atoms with Crippen molar-refractivity contribution in [2.45, 2.75) is 48.7 Å². The molecule has 0 N–H and O–H groups in total. The van der Waals surface area contributed by atoms with Crippen molar-refractivity contribution in [3.05, 3.63) is 130 Å². The first-order chi connectivity index (χ1) is 18.1. The molecule has 0 saturated carbocycles. The maximum absolute atomic E-state index is 13.4. The third-order valence-electron chi connectivity index (χ3n) is 6.67. The molecule has 4 bridgehead atoms. The molecule has 38 heavy (non-hydrogen) atoms. The maximum atomic E-state index is 13.4. The SMILES string of the molecule is Cc1ccc(S(=O)(=O)O[C@@H]2c3ccc(cc3)CCc3ccc(cc3)[C@H]2OS(=O)(=O)c2ccc(C)cc2)cc1. The van der Waals surface area contributed by atoms with Crippen LogP contribution >= 0.6 is 0 Å². The fraction of sp³-hybridized carbons (Fsp3) is 0.200. The van der Waals surface area contributed by atoms with E-state index in [2.05, 4.69) is 0 Å². The summed E-state index contributed by atoms with van der Waals surface area (Å²) in [6.45, 7) is 3.71. The molecule has 196 valence electrons. The van der Waals surface area contributed by atoms with Gasteiger partial charge in [-0.15, -0.1) is 0 Å². The van der Waals surface area contributed by atoms with Gasteiger partial charge in [0.15, 0.2) is 0 Å². The van der Waals surface area contributed by atoms with Crippen LogP contribution in [0.5, 0.6) is 0 Å². The van der Waals surface area contributed by atoms with Gasteiger partial charge in [-0.25, -0.2) is 0 Å². The Hall–Kier alpha value is -3.30. The molecule has 0 heterocycles. The summed E-state index contributed by atoms with van der Waals surface area (Å²) in [5.41, 5.74) is 4.91. The second-order valence-corrected chi connectivity index (χ2v) is 12.7. The van der Waals surface area contributed by atoms with Gasteiger partial charge in [0.2, 0.25) is 0 Å². The average molecular weight is 549 g/mol. The van der Waals surface area contributed by atoms with Gasteiger partial charge in [0.25, 0.3) is 20.2 Å². The van der Waals surface area contributed by atoms with E-state index in [-0.39, 0.29) is 9.79 Å². The second kappa shape index (κ2) is 10.5. The van der Waals surface area contributed by atoms with Crippen molar-refractivity contribution in [3.63, 3.8) is 0 Å². The van der Waals surface area contributed by atoms with Crippen LogP contribution in [0.3, 0.4) is 0 Å². The van der Waals surface area contributed by atoms with Crippen molar-refractivity contribution in [1.82, 2.24) is 0 Å². The predicted octanol–water partition coefficient (Wildman–Crippen LogP) is 6.00. The third kappa shape index (κ3) is 5.73. The van der Waals surface area contributed by atoms with E-state index in [0.717, 1.165) is 35.1 Å². The molecular formula is C30H28O6S2. The second-order valence-electron chi connectivity index (χ2n) is 9.55. The van der Waals surface area contributed by atoms with Gasteiger partial charge in [-0.05, 0) is 73.2 Å². The predicted molar refractivity (Wildman–Crippen MR) is 145 cm³/mol. The summed E-state index contributed by atoms with van der Waals surface area (Å²) in [5, 5.41) is 0. The van der Waals surface area contributed by atoms with Gasteiger partial charge in [-0.2, -0.15) is 16.8 Å². The first-order valence-electron chi connectivity index (χ1n) is 12.3. The van der Waals surface area contributed by atoms with Crippen molar-refractivity contribution < 1.29 is 25.2 Å². The van der Waals surface area contributed by atoms with Crippen molar-refractivity contribution in [2.75, 3.05) is 0 Å². The van der Waals surface area contributed by atoms with Crippen LogP contribution in [0.1, 0.15) is 45.6 Å². The van der Waals surface area contributed by atoms with Gasteiger partial charge >= 0.3 is 0 Å². The highest BCUT2D eigenvalue weighted by atomic mass is 32.2. The Morgan fingerprint density at radius 1 is 0.500 bits per heavy atom. The Balaban J connectivity index is 1.64. The highest BCUT2D eigenvalue weighted by Gasteiger charge is 2.36. The van der Waals surface area contributed by atoms with Crippen molar-refractivity contribution in [1.29, 1.82) is 0 Å². The Morgan fingerprint density at radius 2 is 0.816 bits per heavy atom. The minimum Gasteiger partial charge on any atom is -0.255 e. The zero-order chi connectivity index (χ0) is 26.9. The molecule has 0 radical (unpaired) electrons. The molecule has 4 aliphatic carbocycles. The van der Waals surface area contributed by atoms with E-state index in [1.54, 1.807) is 48.5 Å². The summed E-state index contributed by atoms with van der Waals surface area (Å²) in [4.78, 5) is -0.0531. The molecule has 4 aromatic rings. The number of hydrogen-bond donors (Lipinski definition) is 0. The summed E-state index contributed by atoms with van der Waals surface area (Å²) >= 11 is 0. The van der Waals surface area contributed by atoms with Crippen LogP contribution in [0, 0.1) is 13.8 Å². The summed E-state index contributed by atoms with van der Waals surface area (Å²) in [6, 6.07) is 27.3. The smallest absolute Gasteiger partial charge is 0.255 e. The summed E-state index contributed by atoms with van der Waals surface area (Å²) in [6.07, 6.45) is -0.926. The lowest BCUT2D eigenvalue weighted by Gasteiger charge is -2.28. The van der Waals surface area contributed by atoms with Crippen LogP contribution in [-0.2, 0) is 41.4 Å². The van der Waals surface area contributed by atoms with Crippen LogP contribution in [0.15, 0.2) is 107 Å². The molecule has 8 heteroatoms. The Labute approximate surface area is 224 Å². The lowest BCUT2D eigenvalue weighted by Crippen LogP contribution is -2.24. The lowest BCUT2D eigenvalue weighted by molar-refractivity contribution is 0.0615. The van der Waals surface area contributed by atoms with Gasteiger partial charge in [0.05, 0.1) is 9.79 Å².